The van der Waals surface area contributed by atoms with Gasteiger partial charge in [-0.1, -0.05) is 6.92 Å². The van der Waals surface area contributed by atoms with Gasteiger partial charge in [-0.2, -0.15) is 18.4 Å². The summed E-state index contributed by atoms with van der Waals surface area (Å²) < 4.78 is 38.4. The maximum atomic E-state index is 12.8. The molecule has 1 aromatic rings. The number of nitrogens with two attached hydrogens (primary N) is 1. The molecule has 1 rings (SSSR count). The maximum absolute atomic E-state index is 12.8. The van der Waals surface area contributed by atoms with Crippen LogP contribution in [-0.2, 0) is 6.18 Å². The zero-order chi connectivity index (χ0) is 14.5. The molecule has 0 radical (unpaired) electrons. The quantitative estimate of drug-likeness (QED) is 0.865. The van der Waals surface area contributed by atoms with Crippen LogP contribution < -0.4 is 11.1 Å². The van der Waals surface area contributed by atoms with Crippen molar-refractivity contribution >= 4 is 5.69 Å². The molecule has 0 bridgehead atoms. The van der Waals surface area contributed by atoms with Gasteiger partial charge in [-0.25, -0.2) is 0 Å². The fourth-order valence-corrected chi connectivity index (χ4v) is 1.78. The number of benzene rings is 1. The minimum Gasteiger partial charge on any atom is -0.382 e. The van der Waals surface area contributed by atoms with Crippen LogP contribution in [0.4, 0.5) is 18.9 Å². The van der Waals surface area contributed by atoms with Crippen LogP contribution in [0.15, 0.2) is 18.2 Å². The molecule has 0 aromatic heterocycles. The van der Waals surface area contributed by atoms with Gasteiger partial charge < -0.3 is 11.1 Å². The second kappa shape index (κ2) is 6.43. The molecule has 0 aliphatic rings. The molecule has 0 heterocycles. The van der Waals surface area contributed by atoms with Gasteiger partial charge in [-0.15, -0.1) is 0 Å². The highest BCUT2D eigenvalue weighted by molar-refractivity contribution is 5.53. The molecule has 3 N–H and O–H groups in total. The number of nitrogens with one attached hydrogen (secondary N) is 1. The van der Waals surface area contributed by atoms with Crippen LogP contribution in [-0.4, -0.2) is 12.6 Å². The highest BCUT2D eigenvalue weighted by Gasteiger charge is 2.33. The van der Waals surface area contributed by atoms with Crippen molar-refractivity contribution in [3.05, 3.63) is 29.3 Å². The monoisotopic (exact) mass is 271 g/mol. The smallest absolute Gasteiger partial charge is 0.382 e. The molecular weight excluding hydrogens is 255 g/mol. The van der Waals surface area contributed by atoms with Crippen molar-refractivity contribution < 1.29 is 13.2 Å². The summed E-state index contributed by atoms with van der Waals surface area (Å²) in [5.74, 6) is 0. The van der Waals surface area contributed by atoms with Gasteiger partial charge in [0.25, 0.3) is 0 Å². The summed E-state index contributed by atoms with van der Waals surface area (Å²) in [7, 11) is 0. The topological polar surface area (TPSA) is 61.8 Å². The van der Waals surface area contributed by atoms with E-state index in [-0.39, 0.29) is 11.6 Å². The first-order valence-corrected chi connectivity index (χ1v) is 6.00. The van der Waals surface area contributed by atoms with Crippen LogP contribution in [0.1, 0.15) is 30.9 Å². The highest BCUT2D eigenvalue weighted by Crippen LogP contribution is 2.33. The van der Waals surface area contributed by atoms with E-state index < -0.39 is 11.7 Å². The molecule has 0 aliphatic carbocycles. The van der Waals surface area contributed by atoms with Crippen molar-refractivity contribution in [3.8, 4) is 6.07 Å². The zero-order valence-corrected chi connectivity index (χ0v) is 10.6. The van der Waals surface area contributed by atoms with Gasteiger partial charge >= 0.3 is 6.18 Å². The van der Waals surface area contributed by atoms with Crippen molar-refractivity contribution in [2.75, 3.05) is 11.9 Å². The van der Waals surface area contributed by atoms with Gasteiger partial charge in [0.2, 0.25) is 0 Å². The number of hydrogen-bond donors (Lipinski definition) is 2. The minimum absolute atomic E-state index is 0.0269. The molecule has 104 valence electrons. The summed E-state index contributed by atoms with van der Waals surface area (Å²) in [6.45, 7) is 2.40. The standard InChI is InChI=1S/C13H16F3N3/c1-2-10(5-6-17)19-11-4-3-9(8-18)12(7-11)13(14,15)16/h3-4,7,10,19H,2,5-6,17H2,1H3. The number of nitrogens with zero attached hydrogens (tertiary/aromatic N) is 1. The Kier molecular flexibility index (Phi) is 5.19. The Morgan fingerprint density at radius 1 is 1.42 bits per heavy atom. The molecule has 1 unspecified atom stereocenters. The van der Waals surface area contributed by atoms with E-state index in [0.717, 1.165) is 12.5 Å². The Morgan fingerprint density at radius 2 is 2.11 bits per heavy atom. The fraction of sp³-hybridized carbons (Fsp3) is 0.462. The van der Waals surface area contributed by atoms with E-state index in [0.29, 0.717) is 18.7 Å². The van der Waals surface area contributed by atoms with Crippen LogP contribution in [0.25, 0.3) is 0 Å². The lowest BCUT2D eigenvalue weighted by atomic mass is 10.1. The number of anilines is 1. The lowest BCUT2D eigenvalue weighted by molar-refractivity contribution is -0.137. The van der Waals surface area contributed by atoms with Gasteiger partial charge in [-0.3, -0.25) is 0 Å². The molecule has 0 fully saturated rings. The summed E-state index contributed by atoms with van der Waals surface area (Å²) >= 11 is 0. The summed E-state index contributed by atoms with van der Waals surface area (Å²) in [6, 6.07) is 5.21. The molecule has 0 saturated heterocycles. The molecule has 3 nitrogen and oxygen atoms in total. The average Bonchev–Trinajstić information content (AvgIpc) is 2.37. The van der Waals surface area contributed by atoms with E-state index in [1.807, 2.05) is 6.92 Å². The van der Waals surface area contributed by atoms with Crippen molar-refractivity contribution in [1.82, 2.24) is 0 Å². The van der Waals surface area contributed by atoms with Crippen LogP contribution in [0.3, 0.4) is 0 Å². The van der Waals surface area contributed by atoms with E-state index in [1.165, 1.54) is 12.1 Å². The van der Waals surface area contributed by atoms with E-state index >= 15 is 0 Å². The molecule has 19 heavy (non-hydrogen) atoms. The zero-order valence-electron chi connectivity index (χ0n) is 10.6. The minimum atomic E-state index is -4.53. The lowest BCUT2D eigenvalue weighted by Crippen LogP contribution is -2.22. The van der Waals surface area contributed by atoms with Crippen molar-refractivity contribution in [1.29, 1.82) is 5.26 Å². The number of rotatable bonds is 5. The second-order valence-corrected chi connectivity index (χ2v) is 4.20. The number of hydrogen-bond acceptors (Lipinski definition) is 3. The van der Waals surface area contributed by atoms with Gasteiger partial charge in [-0.05, 0) is 37.6 Å². The average molecular weight is 271 g/mol. The first-order chi connectivity index (χ1) is 8.92. The number of alkyl halides is 3. The van der Waals surface area contributed by atoms with Crippen LogP contribution in [0.2, 0.25) is 0 Å². The summed E-state index contributed by atoms with van der Waals surface area (Å²) in [6.07, 6.45) is -3.09. The maximum Gasteiger partial charge on any atom is 0.417 e. The largest absolute Gasteiger partial charge is 0.417 e. The molecular formula is C13H16F3N3. The Morgan fingerprint density at radius 3 is 2.58 bits per heavy atom. The summed E-state index contributed by atoms with van der Waals surface area (Å²) in [5.41, 5.74) is 4.51. The van der Waals surface area contributed by atoms with Crippen molar-refractivity contribution in [2.45, 2.75) is 32.0 Å². The Bertz CT molecular complexity index is 463. The normalized spacial score (nSPS) is 12.8. The van der Waals surface area contributed by atoms with Crippen LogP contribution in [0, 0.1) is 11.3 Å². The molecule has 0 spiro atoms. The molecule has 0 amide bonds. The van der Waals surface area contributed by atoms with Gasteiger partial charge in [0.15, 0.2) is 0 Å². The van der Waals surface area contributed by atoms with Crippen molar-refractivity contribution in [3.63, 3.8) is 0 Å². The predicted octanol–water partition coefficient (Wildman–Crippen LogP) is 3.12. The molecule has 1 atom stereocenters. The van der Waals surface area contributed by atoms with E-state index in [4.69, 9.17) is 11.0 Å². The lowest BCUT2D eigenvalue weighted by Gasteiger charge is -2.19. The number of nitriles is 1. The third kappa shape index (κ3) is 4.14. The van der Waals surface area contributed by atoms with Gasteiger partial charge in [0.1, 0.15) is 0 Å². The third-order valence-corrected chi connectivity index (χ3v) is 2.82. The van der Waals surface area contributed by atoms with E-state index in [1.54, 1.807) is 6.07 Å². The molecule has 0 aliphatic heterocycles. The van der Waals surface area contributed by atoms with E-state index in [9.17, 15) is 13.2 Å². The molecule has 0 saturated carbocycles. The Hall–Kier alpha value is -1.74. The van der Waals surface area contributed by atoms with Gasteiger partial charge in [0.05, 0.1) is 17.2 Å². The molecule has 6 heteroatoms. The SMILES string of the molecule is CCC(CCN)Nc1ccc(C#N)c(C(F)(F)F)c1. The second-order valence-electron chi connectivity index (χ2n) is 4.20. The third-order valence-electron chi connectivity index (χ3n) is 2.82. The Balaban J connectivity index is 3.02. The van der Waals surface area contributed by atoms with E-state index in [2.05, 4.69) is 5.32 Å². The molecule has 1 aromatic carbocycles. The first kappa shape index (κ1) is 15.3. The van der Waals surface area contributed by atoms with Crippen LogP contribution in [0.5, 0.6) is 0 Å². The Labute approximate surface area is 110 Å². The van der Waals surface area contributed by atoms with Gasteiger partial charge in [0, 0.05) is 11.7 Å². The predicted molar refractivity (Wildman–Crippen MR) is 67.5 cm³/mol. The summed E-state index contributed by atoms with van der Waals surface area (Å²) in [5, 5.41) is 11.7. The van der Waals surface area contributed by atoms with Crippen molar-refractivity contribution in [2.24, 2.45) is 5.73 Å². The summed E-state index contributed by atoms with van der Waals surface area (Å²) in [4.78, 5) is 0. The first-order valence-electron chi connectivity index (χ1n) is 6.00. The fourth-order valence-electron chi connectivity index (χ4n) is 1.78. The number of halogens is 3. The highest BCUT2D eigenvalue weighted by atomic mass is 19.4. The van der Waals surface area contributed by atoms with Crippen LogP contribution >= 0.6 is 0 Å².